The van der Waals surface area contributed by atoms with Crippen LogP contribution in [-0.4, -0.2) is 82.6 Å². The Bertz CT molecular complexity index is 1400. The highest BCUT2D eigenvalue weighted by atomic mass is 32.2. The first kappa shape index (κ1) is 30.7. The van der Waals surface area contributed by atoms with Crippen LogP contribution in [0.5, 0.6) is 0 Å². The molecule has 3 heterocycles. The minimum absolute atomic E-state index is 0.0400. The van der Waals surface area contributed by atoms with Gasteiger partial charge in [-0.15, -0.1) is 0 Å². The van der Waals surface area contributed by atoms with Crippen molar-refractivity contribution in [3.8, 4) is 5.69 Å². The minimum atomic E-state index is -3.65. The molecular formula is C29H42N6O5S. The van der Waals surface area contributed by atoms with Crippen molar-refractivity contribution in [3.63, 3.8) is 0 Å². The van der Waals surface area contributed by atoms with Crippen LogP contribution in [0.3, 0.4) is 0 Å². The number of aryl methyl sites for hydroxylation is 1. The predicted molar refractivity (Wildman–Crippen MR) is 157 cm³/mol. The van der Waals surface area contributed by atoms with Gasteiger partial charge < -0.3 is 15.5 Å². The fourth-order valence-electron chi connectivity index (χ4n) is 5.77. The average Bonchev–Trinajstić information content (AvgIpc) is 3.59. The van der Waals surface area contributed by atoms with E-state index >= 15 is 0 Å². The van der Waals surface area contributed by atoms with Crippen LogP contribution in [0, 0.1) is 24.2 Å². The molecule has 3 amide bonds. The molecule has 12 heteroatoms. The maximum Gasteiger partial charge on any atom is 0.246 e. The van der Waals surface area contributed by atoms with Gasteiger partial charge in [0.1, 0.15) is 11.9 Å². The zero-order valence-electron chi connectivity index (χ0n) is 24.9. The summed E-state index contributed by atoms with van der Waals surface area (Å²) in [5, 5.41) is 10.4. The van der Waals surface area contributed by atoms with Gasteiger partial charge in [0.25, 0.3) is 0 Å². The number of benzene rings is 1. The summed E-state index contributed by atoms with van der Waals surface area (Å²) < 4.78 is 28.6. The topological polar surface area (TPSA) is 134 Å². The van der Waals surface area contributed by atoms with E-state index in [0.717, 1.165) is 11.9 Å². The van der Waals surface area contributed by atoms with Crippen LogP contribution in [0.1, 0.15) is 53.2 Å². The van der Waals surface area contributed by atoms with E-state index in [-0.39, 0.29) is 36.7 Å². The first-order valence-electron chi connectivity index (χ1n) is 14.1. The second-order valence-corrected chi connectivity index (χ2v) is 14.3. The van der Waals surface area contributed by atoms with Crippen molar-refractivity contribution in [1.82, 2.24) is 24.3 Å². The molecule has 2 saturated heterocycles. The van der Waals surface area contributed by atoms with Crippen LogP contribution in [0.2, 0.25) is 0 Å². The minimum Gasteiger partial charge on any atom is -0.344 e. The molecule has 41 heavy (non-hydrogen) atoms. The number of carbonyl (C=O) groups is 3. The van der Waals surface area contributed by atoms with Crippen molar-refractivity contribution in [1.29, 1.82) is 0 Å². The summed E-state index contributed by atoms with van der Waals surface area (Å²) in [5.74, 6) is -1.52. The maximum atomic E-state index is 14.1. The third-order valence-corrected chi connectivity index (χ3v) is 9.44. The Morgan fingerprint density at radius 2 is 1.80 bits per heavy atom. The summed E-state index contributed by atoms with van der Waals surface area (Å²) in [6, 6.07) is 9.10. The highest BCUT2D eigenvalue weighted by Gasteiger charge is 2.56. The Labute approximate surface area is 242 Å². The number of para-hydroxylation sites is 1. The van der Waals surface area contributed by atoms with Gasteiger partial charge in [0, 0.05) is 31.1 Å². The number of nitrogens with zero attached hydrogens (tertiary/aromatic N) is 4. The summed E-state index contributed by atoms with van der Waals surface area (Å²) in [6.07, 6.45) is 2.17. The first-order valence-corrected chi connectivity index (χ1v) is 16.0. The van der Waals surface area contributed by atoms with Crippen LogP contribution in [0.4, 0.5) is 5.82 Å². The SMILES string of the molecule is CC[C@@H](C)C(=O)N[C@H](C(=O)N1CC[C@@H]2[C@H]1[C@@H](C(=O)Nc1cc(C)nn1-c1ccccc1)CN2S(C)(=O)=O)C(C)(C)C. The molecule has 1 aromatic carbocycles. The standard InChI is InChI=1S/C29H42N6O5S/c1-8-18(2)26(36)31-25(29(4,5)6)28(38)33-15-14-22-24(33)21(17-34(22)41(7,39)40)27(37)30-23-16-19(3)32-35(23)20-12-10-9-11-13-20/h9-13,16,18,21-22,24-25H,8,14-15,17H2,1-7H3,(H,30,37)(H,31,36)/t18-,21+,22-,24-,25-/m1/s1. The zero-order valence-corrected chi connectivity index (χ0v) is 25.7. The predicted octanol–water partition coefficient (Wildman–Crippen LogP) is 2.56. The Balaban J connectivity index is 1.66. The number of anilines is 1. The van der Waals surface area contributed by atoms with Crippen molar-refractivity contribution in [2.75, 3.05) is 24.7 Å². The molecule has 5 atom stereocenters. The van der Waals surface area contributed by atoms with Crippen molar-refractivity contribution in [3.05, 3.63) is 42.1 Å². The molecule has 4 rings (SSSR count). The van der Waals surface area contributed by atoms with Gasteiger partial charge in [-0.3, -0.25) is 14.4 Å². The van der Waals surface area contributed by atoms with E-state index in [0.29, 0.717) is 24.4 Å². The molecule has 0 spiro atoms. The highest BCUT2D eigenvalue weighted by molar-refractivity contribution is 7.88. The smallest absolute Gasteiger partial charge is 0.246 e. The molecule has 0 unspecified atom stereocenters. The number of aromatic nitrogens is 2. The molecule has 0 bridgehead atoms. The van der Waals surface area contributed by atoms with Gasteiger partial charge in [0.05, 0.1) is 29.6 Å². The van der Waals surface area contributed by atoms with Gasteiger partial charge in [-0.2, -0.15) is 9.40 Å². The summed E-state index contributed by atoms with van der Waals surface area (Å²) >= 11 is 0. The van der Waals surface area contributed by atoms with Gasteiger partial charge in [-0.25, -0.2) is 13.1 Å². The molecule has 0 saturated carbocycles. The fourth-order valence-corrected chi connectivity index (χ4v) is 6.92. The van der Waals surface area contributed by atoms with Crippen LogP contribution in [-0.2, 0) is 24.4 Å². The number of likely N-dealkylation sites (tertiary alicyclic amines) is 1. The molecule has 0 radical (unpaired) electrons. The van der Waals surface area contributed by atoms with E-state index in [1.165, 1.54) is 4.31 Å². The molecule has 11 nitrogen and oxygen atoms in total. The van der Waals surface area contributed by atoms with E-state index in [9.17, 15) is 22.8 Å². The third kappa shape index (κ3) is 6.33. The van der Waals surface area contributed by atoms with E-state index in [1.54, 1.807) is 15.6 Å². The Hall–Kier alpha value is -3.25. The van der Waals surface area contributed by atoms with E-state index < -0.39 is 39.5 Å². The summed E-state index contributed by atoms with van der Waals surface area (Å²) in [5.41, 5.74) is 0.861. The van der Waals surface area contributed by atoms with Crippen molar-refractivity contribution < 1.29 is 22.8 Å². The van der Waals surface area contributed by atoms with Gasteiger partial charge in [0.15, 0.2) is 0 Å². The normalized spacial score (nSPS) is 22.7. The summed E-state index contributed by atoms with van der Waals surface area (Å²) in [7, 11) is -3.65. The summed E-state index contributed by atoms with van der Waals surface area (Å²) in [6.45, 7) is 11.4. The fraction of sp³-hybridized carbons (Fsp3) is 0.586. The monoisotopic (exact) mass is 586 g/mol. The Kier molecular flexibility index (Phi) is 8.65. The lowest BCUT2D eigenvalue weighted by molar-refractivity contribution is -0.142. The largest absolute Gasteiger partial charge is 0.344 e. The number of carbonyl (C=O) groups excluding carboxylic acids is 3. The van der Waals surface area contributed by atoms with Crippen LogP contribution >= 0.6 is 0 Å². The van der Waals surface area contributed by atoms with Crippen LogP contribution in [0.25, 0.3) is 5.69 Å². The number of hydrogen-bond acceptors (Lipinski definition) is 6. The molecule has 224 valence electrons. The number of rotatable bonds is 8. The third-order valence-electron chi connectivity index (χ3n) is 8.17. The number of fused-ring (bicyclic) bond motifs is 1. The lowest BCUT2D eigenvalue weighted by atomic mass is 9.84. The van der Waals surface area contributed by atoms with E-state index in [1.807, 2.05) is 71.9 Å². The lowest BCUT2D eigenvalue weighted by Crippen LogP contribution is -2.58. The van der Waals surface area contributed by atoms with Gasteiger partial charge in [0.2, 0.25) is 27.7 Å². The molecule has 1 aromatic heterocycles. The maximum absolute atomic E-state index is 14.1. The van der Waals surface area contributed by atoms with E-state index in [4.69, 9.17) is 0 Å². The Morgan fingerprint density at radius 1 is 1.15 bits per heavy atom. The van der Waals surface area contributed by atoms with Crippen molar-refractivity contribution >= 4 is 33.6 Å². The second-order valence-electron chi connectivity index (χ2n) is 12.3. The van der Waals surface area contributed by atoms with Crippen molar-refractivity contribution in [2.45, 2.75) is 72.5 Å². The number of hydrogen-bond donors (Lipinski definition) is 2. The molecule has 2 aliphatic rings. The lowest BCUT2D eigenvalue weighted by Gasteiger charge is -2.37. The number of amides is 3. The van der Waals surface area contributed by atoms with Crippen molar-refractivity contribution in [2.24, 2.45) is 17.3 Å². The Morgan fingerprint density at radius 3 is 2.39 bits per heavy atom. The molecule has 2 fully saturated rings. The summed E-state index contributed by atoms with van der Waals surface area (Å²) in [4.78, 5) is 42.5. The first-order chi connectivity index (χ1) is 19.1. The van der Waals surface area contributed by atoms with E-state index in [2.05, 4.69) is 15.7 Å². The molecule has 2 aromatic rings. The molecule has 0 aliphatic carbocycles. The second kappa shape index (κ2) is 11.6. The van der Waals surface area contributed by atoms with Gasteiger partial charge in [-0.05, 0) is 37.3 Å². The molecule has 2 aliphatic heterocycles. The van der Waals surface area contributed by atoms with Gasteiger partial charge in [-0.1, -0.05) is 52.8 Å². The molecular weight excluding hydrogens is 544 g/mol. The quantitative estimate of drug-likeness (QED) is 0.489. The van der Waals surface area contributed by atoms with Crippen LogP contribution in [0.15, 0.2) is 36.4 Å². The zero-order chi connectivity index (χ0) is 30.3. The van der Waals surface area contributed by atoms with Gasteiger partial charge >= 0.3 is 0 Å². The highest BCUT2D eigenvalue weighted by Crippen LogP contribution is 2.39. The average molecular weight is 587 g/mol. The number of sulfonamides is 1. The van der Waals surface area contributed by atoms with Crippen LogP contribution < -0.4 is 10.6 Å². The number of nitrogens with one attached hydrogen (secondary N) is 2. The molecule has 2 N–H and O–H groups in total.